The van der Waals surface area contributed by atoms with Crippen LogP contribution in [0.1, 0.15) is 48.2 Å². The summed E-state index contributed by atoms with van der Waals surface area (Å²) >= 11 is 1.19. The molecule has 2 fully saturated rings. The van der Waals surface area contributed by atoms with Crippen molar-refractivity contribution in [3.63, 3.8) is 0 Å². The Morgan fingerprint density at radius 3 is 2.44 bits per heavy atom. The summed E-state index contributed by atoms with van der Waals surface area (Å²) in [5.41, 5.74) is 0.916. The van der Waals surface area contributed by atoms with Crippen LogP contribution in [0.25, 0.3) is 0 Å². The van der Waals surface area contributed by atoms with Gasteiger partial charge in [-0.05, 0) is 49.4 Å². The molecule has 1 N–H and O–H groups in total. The summed E-state index contributed by atoms with van der Waals surface area (Å²) in [5, 5.41) is 3.48. The van der Waals surface area contributed by atoms with Crippen LogP contribution in [0, 0.1) is 5.82 Å². The molecule has 2 aliphatic heterocycles. The number of hydrogen-bond donors (Lipinski definition) is 1. The summed E-state index contributed by atoms with van der Waals surface area (Å²) in [5.74, 6) is -1.06. The highest BCUT2D eigenvalue weighted by atomic mass is 32.2. The van der Waals surface area contributed by atoms with Gasteiger partial charge in [-0.3, -0.25) is 4.90 Å². The molecule has 0 atom stereocenters. The summed E-state index contributed by atoms with van der Waals surface area (Å²) in [4.78, 5) is 9.71. The zero-order valence-electron chi connectivity index (χ0n) is 19.1. The molecular weight excluding hydrogens is 516 g/mol. The molecular formula is C24H24F4N4O2S2. The molecule has 2 saturated heterocycles. The molecule has 1 aromatic carbocycles. The van der Waals surface area contributed by atoms with E-state index in [1.54, 1.807) is 12.1 Å². The van der Waals surface area contributed by atoms with Gasteiger partial charge in [-0.25, -0.2) is 22.8 Å². The number of fused-ring (bicyclic) bond motifs is 2. The fraction of sp³-hybridized carbons (Fsp3) is 0.417. The van der Waals surface area contributed by atoms with Crippen molar-refractivity contribution >= 4 is 26.9 Å². The lowest BCUT2D eigenvalue weighted by molar-refractivity contribution is -0.140. The maximum Gasteiger partial charge on any atom is 0.435 e. The average molecular weight is 541 g/mol. The van der Waals surface area contributed by atoms with Gasteiger partial charge in [-0.1, -0.05) is 12.1 Å². The molecule has 0 aliphatic carbocycles. The third-order valence-electron chi connectivity index (χ3n) is 6.91. The van der Waals surface area contributed by atoms with E-state index in [0.29, 0.717) is 18.6 Å². The minimum Gasteiger partial charge on any atom is -0.379 e. The summed E-state index contributed by atoms with van der Waals surface area (Å²) in [6, 6.07) is 7.70. The van der Waals surface area contributed by atoms with Crippen LogP contribution in [-0.4, -0.2) is 35.4 Å². The molecule has 0 unspecified atom stereocenters. The first-order chi connectivity index (χ1) is 17.1. The quantitative estimate of drug-likeness (QED) is 0.385. The van der Waals surface area contributed by atoms with E-state index in [-0.39, 0.29) is 17.8 Å². The molecule has 2 aromatic heterocycles. The van der Waals surface area contributed by atoms with Gasteiger partial charge in [0.15, 0.2) is 10.7 Å². The zero-order valence-corrected chi connectivity index (χ0v) is 20.8. The fourth-order valence-electron chi connectivity index (χ4n) is 5.16. The number of nitrogens with one attached hydrogen (secondary N) is 1. The van der Waals surface area contributed by atoms with Crippen LogP contribution in [0.2, 0.25) is 0 Å². The molecule has 5 rings (SSSR count). The van der Waals surface area contributed by atoms with Crippen molar-refractivity contribution in [2.45, 2.75) is 67.8 Å². The molecule has 3 aromatic rings. The number of sulfone groups is 1. The lowest BCUT2D eigenvalue weighted by atomic mass is 10.0. The Balaban J connectivity index is 1.39. The van der Waals surface area contributed by atoms with Crippen LogP contribution in [0.4, 0.5) is 23.2 Å². The van der Waals surface area contributed by atoms with E-state index < -0.39 is 44.0 Å². The largest absolute Gasteiger partial charge is 0.435 e. The second-order valence-corrected chi connectivity index (χ2v) is 11.8. The number of benzene rings is 1. The Kier molecular flexibility index (Phi) is 6.77. The minimum absolute atomic E-state index is 0.194. The van der Waals surface area contributed by atoms with Gasteiger partial charge in [0.05, 0.1) is 22.6 Å². The second kappa shape index (κ2) is 9.71. The molecule has 0 saturated carbocycles. The summed E-state index contributed by atoms with van der Waals surface area (Å²) in [6.07, 6.45) is -0.447. The first kappa shape index (κ1) is 25.1. The number of hydrogen-bond acceptors (Lipinski definition) is 7. The SMILES string of the molecule is O=S(=O)(Cc1cscn1)c1ccc(NCc2c(F)cccc2CN2C3CCC2CC3)c(C(F)(F)F)n1. The molecule has 0 radical (unpaired) electrons. The van der Waals surface area contributed by atoms with Gasteiger partial charge in [-0.2, -0.15) is 13.2 Å². The first-order valence-corrected chi connectivity index (χ1v) is 14.2. The van der Waals surface area contributed by atoms with Gasteiger partial charge in [0.25, 0.3) is 0 Å². The highest BCUT2D eigenvalue weighted by molar-refractivity contribution is 7.90. The van der Waals surface area contributed by atoms with E-state index in [9.17, 15) is 26.0 Å². The molecule has 6 nitrogen and oxygen atoms in total. The average Bonchev–Trinajstić information content (AvgIpc) is 3.56. The van der Waals surface area contributed by atoms with Crippen LogP contribution in [0.5, 0.6) is 0 Å². The van der Waals surface area contributed by atoms with Crippen molar-refractivity contribution in [2.75, 3.05) is 5.32 Å². The topological polar surface area (TPSA) is 75.2 Å². The molecule has 2 bridgehead atoms. The number of nitrogens with zero attached hydrogens (tertiary/aromatic N) is 3. The third kappa shape index (κ3) is 5.12. The van der Waals surface area contributed by atoms with E-state index in [1.165, 1.54) is 28.3 Å². The van der Waals surface area contributed by atoms with Crippen molar-refractivity contribution in [2.24, 2.45) is 0 Å². The lowest BCUT2D eigenvalue weighted by Crippen LogP contribution is -2.28. The molecule has 36 heavy (non-hydrogen) atoms. The van der Waals surface area contributed by atoms with Crippen molar-refractivity contribution < 1.29 is 26.0 Å². The number of pyridine rings is 1. The first-order valence-electron chi connectivity index (χ1n) is 11.6. The normalized spacial score (nSPS) is 20.2. The third-order valence-corrected chi connectivity index (χ3v) is 9.08. The van der Waals surface area contributed by atoms with Crippen molar-refractivity contribution in [1.29, 1.82) is 0 Å². The van der Waals surface area contributed by atoms with Gasteiger partial charge in [-0.15, -0.1) is 11.3 Å². The van der Waals surface area contributed by atoms with Crippen LogP contribution >= 0.6 is 11.3 Å². The van der Waals surface area contributed by atoms with Gasteiger partial charge < -0.3 is 5.32 Å². The highest BCUT2D eigenvalue weighted by Gasteiger charge is 2.40. The van der Waals surface area contributed by atoms with E-state index in [2.05, 4.69) is 20.2 Å². The van der Waals surface area contributed by atoms with E-state index in [4.69, 9.17) is 0 Å². The van der Waals surface area contributed by atoms with E-state index >= 15 is 0 Å². The fourth-order valence-corrected chi connectivity index (χ4v) is 7.02. The van der Waals surface area contributed by atoms with Gasteiger partial charge in [0.2, 0.25) is 9.84 Å². The number of alkyl halides is 3. The summed E-state index contributed by atoms with van der Waals surface area (Å²) in [7, 11) is -4.14. The summed E-state index contributed by atoms with van der Waals surface area (Å²) < 4.78 is 81.6. The van der Waals surface area contributed by atoms with Crippen LogP contribution in [0.3, 0.4) is 0 Å². The Bertz CT molecular complexity index is 1330. The van der Waals surface area contributed by atoms with Crippen LogP contribution < -0.4 is 5.32 Å². The maximum atomic E-state index is 14.8. The monoisotopic (exact) mass is 540 g/mol. The van der Waals surface area contributed by atoms with Crippen LogP contribution in [0.15, 0.2) is 46.2 Å². The Morgan fingerprint density at radius 1 is 1.08 bits per heavy atom. The van der Waals surface area contributed by atoms with Gasteiger partial charge in [0.1, 0.15) is 5.82 Å². The lowest BCUT2D eigenvalue weighted by Gasteiger charge is -2.24. The standard InChI is InChI=1S/C24H24F4N4O2S2/c25-20-3-1-2-15(11-32-17-4-5-18(32)7-6-17)19(20)10-29-21-8-9-22(31-23(21)24(26,27)28)36(33,34)13-16-12-35-14-30-16/h1-3,8-9,12,14,17-18,29H,4-7,10-11,13H2. The molecule has 192 valence electrons. The molecule has 4 heterocycles. The molecule has 0 spiro atoms. The van der Waals surface area contributed by atoms with Crippen molar-refractivity contribution in [1.82, 2.24) is 14.9 Å². The Morgan fingerprint density at radius 2 is 1.81 bits per heavy atom. The van der Waals surface area contributed by atoms with Gasteiger partial charge >= 0.3 is 6.18 Å². The second-order valence-electron chi connectivity index (χ2n) is 9.15. The summed E-state index contributed by atoms with van der Waals surface area (Å²) in [6.45, 7) is 0.350. The van der Waals surface area contributed by atoms with Gasteiger partial charge in [0, 0.05) is 36.1 Å². The molecule has 0 amide bonds. The minimum atomic E-state index is -4.92. The number of rotatable bonds is 8. The predicted molar refractivity (Wildman–Crippen MR) is 128 cm³/mol. The van der Waals surface area contributed by atoms with Crippen molar-refractivity contribution in [3.05, 3.63) is 69.6 Å². The highest BCUT2D eigenvalue weighted by Crippen LogP contribution is 2.39. The number of aromatic nitrogens is 2. The number of thiazole rings is 1. The Labute approximate surface area is 210 Å². The smallest absolute Gasteiger partial charge is 0.379 e. The maximum absolute atomic E-state index is 14.8. The number of halogens is 4. The number of anilines is 1. The predicted octanol–water partition coefficient (Wildman–Crippen LogP) is 5.41. The van der Waals surface area contributed by atoms with Crippen molar-refractivity contribution in [3.8, 4) is 0 Å². The Hall–Kier alpha value is -2.57. The van der Waals surface area contributed by atoms with E-state index in [1.807, 2.05) is 0 Å². The molecule has 12 heteroatoms. The molecule has 2 aliphatic rings. The van der Waals surface area contributed by atoms with Crippen LogP contribution in [-0.2, 0) is 34.9 Å². The van der Waals surface area contributed by atoms with E-state index in [0.717, 1.165) is 43.4 Å². The zero-order chi connectivity index (χ0) is 25.5.